The third-order valence-electron chi connectivity index (χ3n) is 3.38. The summed E-state index contributed by atoms with van der Waals surface area (Å²) in [4.78, 5) is 27.5. The first-order valence-corrected chi connectivity index (χ1v) is 7.72. The Labute approximate surface area is 133 Å². The molecule has 0 aliphatic heterocycles. The minimum atomic E-state index is -0.0192. The largest absolute Gasteiger partial charge is 0.330 e. The second-order valence-electron chi connectivity index (χ2n) is 5.67. The molecule has 1 aromatic carbocycles. The molecular weight excluding hydrogens is 278 g/mol. The molecule has 0 atom stereocenters. The molecule has 0 spiro atoms. The molecule has 0 aliphatic carbocycles. The van der Waals surface area contributed by atoms with Gasteiger partial charge >= 0.3 is 0 Å². The maximum Gasteiger partial charge on any atom is 0.237 e. The number of nitrogens with two attached hydrogens (primary N) is 1. The van der Waals surface area contributed by atoms with Gasteiger partial charge in [0.15, 0.2) is 0 Å². The Bertz CT molecular complexity index is 462. The fraction of sp³-hybridized carbons (Fsp3) is 0.529. The molecule has 0 bridgehead atoms. The summed E-state index contributed by atoms with van der Waals surface area (Å²) < 4.78 is 0. The molecule has 122 valence electrons. The molecule has 0 fully saturated rings. The van der Waals surface area contributed by atoms with E-state index < -0.39 is 0 Å². The number of hydrogen-bond acceptors (Lipinski definition) is 4. The Balaban J connectivity index is 2.58. The van der Waals surface area contributed by atoms with Crippen LogP contribution in [0.2, 0.25) is 0 Å². The number of benzene rings is 1. The van der Waals surface area contributed by atoms with E-state index in [1.54, 1.807) is 4.90 Å². The molecular formula is C17H27N3O2. The SMILES string of the molecule is CC(=O)CN(Cc1ccccc1)C(=O)CN(C)CCCCN. The number of carbonyl (C=O) groups excluding carboxylic acids is 2. The number of rotatable bonds is 10. The standard InChI is InChI=1S/C17H27N3O2/c1-15(21)12-20(13-16-8-4-3-5-9-16)17(22)14-19(2)11-7-6-10-18/h3-5,8-9H,6-7,10-14,18H2,1-2H3. The minimum Gasteiger partial charge on any atom is -0.330 e. The van der Waals surface area contributed by atoms with Gasteiger partial charge in [-0.25, -0.2) is 0 Å². The van der Waals surface area contributed by atoms with Gasteiger partial charge in [0.1, 0.15) is 5.78 Å². The number of unbranched alkanes of at least 4 members (excludes halogenated alkanes) is 1. The second kappa shape index (κ2) is 10.1. The molecule has 0 aliphatic rings. The van der Waals surface area contributed by atoms with Crippen LogP contribution < -0.4 is 5.73 Å². The van der Waals surface area contributed by atoms with Crippen molar-refractivity contribution < 1.29 is 9.59 Å². The van der Waals surface area contributed by atoms with Crippen LogP contribution in [0.25, 0.3) is 0 Å². The maximum atomic E-state index is 12.4. The number of carbonyl (C=O) groups is 2. The smallest absolute Gasteiger partial charge is 0.237 e. The quantitative estimate of drug-likeness (QED) is 0.661. The molecule has 0 saturated carbocycles. The van der Waals surface area contributed by atoms with E-state index in [4.69, 9.17) is 5.73 Å². The number of Topliss-reactive ketones (excluding diaryl/α,β-unsaturated/α-hetero) is 1. The van der Waals surface area contributed by atoms with E-state index in [2.05, 4.69) is 0 Å². The van der Waals surface area contributed by atoms with Crippen molar-refractivity contribution in [3.8, 4) is 0 Å². The number of ketones is 1. The van der Waals surface area contributed by atoms with E-state index in [0.29, 0.717) is 19.6 Å². The van der Waals surface area contributed by atoms with Crippen LogP contribution in [0.4, 0.5) is 0 Å². The number of nitrogens with zero attached hydrogens (tertiary/aromatic N) is 2. The minimum absolute atomic E-state index is 0.00457. The van der Waals surface area contributed by atoms with Gasteiger partial charge in [-0.3, -0.25) is 14.5 Å². The van der Waals surface area contributed by atoms with Gasteiger partial charge in [-0.2, -0.15) is 0 Å². The van der Waals surface area contributed by atoms with Crippen molar-refractivity contribution in [2.75, 3.05) is 33.2 Å². The summed E-state index contributed by atoms with van der Waals surface area (Å²) in [6.07, 6.45) is 1.94. The molecule has 0 heterocycles. The summed E-state index contributed by atoms with van der Waals surface area (Å²) in [7, 11) is 1.92. The zero-order valence-corrected chi connectivity index (χ0v) is 13.6. The van der Waals surface area contributed by atoms with E-state index in [-0.39, 0.29) is 18.2 Å². The van der Waals surface area contributed by atoms with Crippen LogP contribution in [0.3, 0.4) is 0 Å². The monoisotopic (exact) mass is 305 g/mol. The molecule has 0 radical (unpaired) electrons. The molecule has 0 unspecified atom stereocenters. The third kappa shape index (κ3) is 7.33. The Hall–Kier alpha value is -1.72. The van der Waals surface area contributed by atoms with Crippen LogP contribution in [0.5, 0.6) is 0 Å². The lowest BCUT2D eigenvalue weighted by molar-refractivity contribution is -0.136. The van der Waals surface area contributed by atoms with Crippen molar-refractivity contribution in [2.45, 2.75) is 26.3 Å². The van der Waals surface area contributed by atoms with Gasteiger partial charge in [-0.05, 0) is 45.5 Å². The van der Waals surface area contributed by atoms with Crippen LogP contribution in [-0.4, -0.2) is 54.7 Å². The fourth-order valence-electron chi connectivity index (χ4n) is 2.24. The Morgan fingerprint density at radius 1 is 1.09 bits per heavy atom. The molecule has 1 amide bonds. The lowest BCUT2D eigenvalue weighted by Gasteiger charge is -2.25. The first-order valence-electron chi connectivity index (χ1n) is 7.72. The van der Waals surface area contributed by atoms with Crippen LogP contribution in [0.15, 0.2) is 30.3 Å². The van der Waals surface area contributed by atoms with Crippen molar-refractivity contribution in [1.29, 1.82) is 0 Å². The highest BCUT2D eigenvalue weighted by atomic mass is 16.2. The molecule has 1 aromatic rings. The van der Waals surface area contributed by atoms with Crippen LogP contribution in [-0.2, 0) is 16.1 Å². The highest BCUT2D eigenvalue weighted by molar-refractivity contribution is 5.85. The van der Waals surface area contributed by atoms with Gasteiger partial charge in [-0.1, -0.05) is 30.3 Å². The normalized spacial score (nSPS) is 10.7. The summed E-state index contributed by atoms with van der Waals surface area (Å²) in [5.41, 5.74) is 6.50. The fourth-order valence-corrected chi connectivity index (χ4v) is 2.24. The molecule has 0 saturated heterocycles. The average Bonchev–Trinajstić information content (AvgIpc) is 2.47. The van der Waals surface area contributed by atoms with Crippen LogP contribution in [0, 0.1) is 0 Å². The van der Waals surface area contributed by atoms with Crippen molar-refractivity contribution in [3.05, 3.63) is 35.9 Å². The molecule has 1 rings (SSSR count). The van der Waals surface area contributed by atoms with Crippen molar-refractivity contribution in [3.63, 3.8) is 0 Å². The predicted octanol–water partition coefficient (Wildman–Crippen LogP) is 1.27. The predicted molar refractivity (Wildman–Crippen MR) is 88.3 cm³/mol. The number of hydrogen-bond donors (Lipinski definition) is 1. The van der Waals surface area contributed by atoms with Gasteiger partial charge in [-0.15, -0.1) is 0 Å². The lowest BCUT2D eigenvalue weighted by atomic mass is 10.2. The zero-order chi connectivity index (χ0) is 16.4. The first-order chi connectivity index (χ1) is 10.5. The number of amides is 1. The van der Waals surface area contributed by atoms with E-state index in [1.165, 1.54) is 6.92 Å². The molecule has 22 heavy (non-hydrogen) atoms. The third-order valence-corrected chi connectivity index (χ3v) is 3.38. The van der Waals surface area contributed by atoms with Crippen molar-refractivity contribution in [2.24, 2.45) is 5.73 Å². The Kier molecular flexibility index (Phi) is 8.40. The van der Waals surface area contributed by atoms with Gasteiger partial charge < -0.3 is 10.6 Å². The first kappa shape index (κ1) is 18.3. The Morgan fingerprint density at radius 2 is 1.77 bits per heavy atom. The molecule has 2 N–H and O–H groups in total. The van der Waals surface area contributed by atoms with E-state index in [9.17, 15) is 9.59 Å². The van der Waals surface area contributed by atoms with Gasteiger partial charge in [0.2, 0.25) is 5.91 Å². The topological polar surface area (TPSA) is 66.6 Å². The lowest BCUT2D eigenvalue weighted by Crippen LogP contribution is -2.41. The van der Waals surface area contributed by atoms with Crippen LogP contribution >= 0.6 is 0 Å². The highest BCUT2D eigenvalue weighted by Gasteiger charge is 2.17. The maximum absolute atomic E-state index is 12.4. The van der Waals surface area contributed by atoms with Gasteiger partial charge in [0.05, 0.1) is 13.1 Å². The van der Waals surface area contributed by atoms with Crippen molar-refractivity contribution >= 4 is 11.7 Å². The van der Waals surface area contributed by atoms with E-state index in [0.717, 1.165) is 24.9 Å². The molecule has 5 nitrogen and oxygen atoms in total. The summed E-state index contributed by atoms with van der Waals surface area (Å²) >= 11 is 0. The summed E-state index contributed by atoms with van der Waals surface area (Å²) in [5.74, 6) is -0.0237. The highest BCUT2D eigenvalue weighted by Crippen LogP contribution is 2.06. The molecule has 0 aromatic heterocycles. The zero-order valence-electron chi connectivity index (χ0n) is 13.6. The van der Waals surface area contributed by atoms with Gasteiger partial charge in [0, 0.05) is 6.54 Å². The Morgan fingerprint density at radius 3 is 2.36 bits per heavy atom. The summed E-state index contributed by atoms with van der Waals surface area (Å²) in [6.45, 7) is 3.97. The van der Waals surface area contributed by atoms with Gasteiger partial charge in [0.25, 0.3) is 0 Å². The molecule has 5 heteroatoms. The van der Waals surface area contributed by atoms with Crippen LogP contribution in [0.1, 0.15) is 25.3 Å². The van der Waals surface area contributed by atoms with E-state index >= 15 is 0 Å². The summed E-state index contributed by atoms with van der Waals surface area (Å²) in [6, 6.07) is 9.73. The van der Waals surface area contributed by atoms with E-state index in [1.807, 2.05) is 42.3 Å². The van der Waals surface area contributed by atoms with Crippen molar-refractivity contribution in [1.82, 2.24) is 9.80 Å². The average molecular weight is 305 g/mol. The summed E-state index contributed by atoms with van der Waals surface area (Å²) in [5, 5.41) is 0. The second-order valence-corrected chi connectivity index (χ2v) is 5.67. The number of likely N-dealkylation sites (N-methyl/N-ethyl adjacent to an activating group) is 1.